The summed E-state index contributed by atoms with van der Waals surface area (Å²) >= 11 is 0. The molecule has 6 N–H and O–H groups in total. The molecule has 154 valence electrons. The summed E-state index contributed by atoms with van der Waals surface area (Å²) in [6.45, 7) is 1.46. The van der Waals surface area contributed by atoms with Crippen molar-refractivity contribution >= 4 is 17.8 Å². The van der Waals surface area contributed by atoms with Crippen molar-refractivity contribution in [3.63, 3.8) is 0 Å². The molecule has 0 saturated heterocycles. The fraction of sp³-hybridized carbons (Fsp3) is 0.286. The standard InChI is InChI=1S/C21H25N3O5/c1-13(23-20(27)17(22)11-15-7-9-16(25)10-8-15)19(26)24-18(21(28)29)12-14-5-3-2-4-6-14/h2-10,13,17-18,25H,11-12,22H2,1H3,(H,23,27)(H,24,26)(H,28,29)/t13-,17+,18+/m1/s1. The Morgan fingerprint density at radius 3 is 2.07 bits per heavy atom. The number of amides is 2. The first kappa shape index (κ1) is 21.9. The maximum absolute atomic E-state index is 12.3. The molecule has 0 fully saturated rings. The Balaban J connectivity index is 1.89. The number of benzene rings is 2. The lowest BCUT2D eigenvalue weighted by Gasteiger charge is -2.20. The van der Waals surface area contributed by atoms with E-state index < -0.39 is 35.9 Å². The number of carbonyl (C=O) groups is 3. The monoisotopic (exact) mass is 399 g/mol. The summed E-state index contributed by atoms with van der Waals surface area (Å²) in [5, 5.41) is 23.6. The highest BCUT2D eigenvalue weighted by Gasteiger charge is 2.25. The van der Waals surface area contributed by atoms with Gasteiger partial charge in [-0.15, -0.1) is 0 Å². The van der Waals surface area contributed by atoms with Crippen molar-refractivity contribution < 1.29 is 24.6 Å². The molecule has 0 spiro atoms. The summed E-state index contributed by atoms with van der Waals surface area (Å²) < 4.78 is 0. The zero-order valence-corrected chi connectivity index (χ0v) is 16.0. The highest BCUT2D eigenvalue weighted by atomic mass is 16.4. The summed E-state index contributed by atoms with van der Waals surface area (Å²) in [5.74, 6) is -2.19. The molecule has 0 aliphatic rings. The van der Waals surface area contributed by atoms with E-state index in [1.54, 1.807) is 36.4 Å². The third-order valence-electron chi connectivity index (χ3n) is 4.38. The summed E-state index contributed by atoms with van der Waals surface area (Å²) in [7, 11) is 0. The van der Waals surface area contributed by atoms with Gasteiger partial charge in [0.05, 0.1) is 6.04 Å². The molecular weight excluding hydrogens is 374 g/mol. The van der Waals surface area contributed by atoms with Gasteiger partial charge in [-0.3, -0.25) is 9.59 Å². The summed E-state index contributed by atoms with van der Waals surface area (Å²) in [5.41, 5.74) is 7.42. The Morgan fingerprint density at radius 2 is 1.48 bits per heavy atom. The van der Waals surface area contributed by atoms with Gasteiger partial charge in [0.15, 0.2) is 0 Å². The Labute approximate surface area is 168 Å². The molecule has 2 amide bonds. The molecule has 0 aliphatic carbocycles. The highest BCUT2D eigenvalue weighted by molar-refractivity contribution is 5.91. The van der Waals surface area contributed by atoms with E-state index in [0.29, 0.717) is 0 Å². The number of carboxylic acid groups (broad SMARTS) is 1. The largest absolute Gasteiger partial charge is 0.508 e. The molecule has 2 aromatic carbocycles. The van der Waals surface area contributed by atoms with Crippen LogP contribution in [0.25, 0.3) is 0 Å². The molecule has 0 radical (unpaired) electrons. The molecule has 0 unspecified atom stereocenters. The van der Waals surface area contributed by atoms with Gasteiger partial charge in [0.2, 0.25) is 11.8 Å². The van der Waals surface area contributed by atoms with E-state index in [1.165, 1.54) is 19.1 Å². The smallest absolute Gasteiger partial charge is 0.326 e. The summed E-state index contributed by atoms with van der Waals surface area (Å²) in [6.07, 6.45) is 0.356. The molecule has 0 heterocycles. The lowest BCUT2D eigenvalue weighted by atomic mass is 10.0. The van der Waals surface area contributed by atoms with E-state index in [-0.39, 0.29) is 18.6 Å². The first-order valence-corrected chi connectivity index (χ1v) is 9.17. The zero-order valence-electron chi connectivity index (χ0n) is 16.0. The second-order valence-electron chi connectivity index (χ2n) is 6.80. The van der Waals surface area contributed by atoms with Crippen LogP contribution in [0.2, 0.25) is 0 Å². The third kappa shape index (κ3) is 6.93. The van der Waals surface area contributed by atoms with Crippen LogP contribution in [0, 0.1) is 0 Å². The summed E-state index contributed by atoms with van der Waals surface area (Å²) in [4.78, 5) is 36.1. The second-order valence-corrected chi connectivity index (χ2v) is 6.80. The average molecular weight is 399 g/mol. The average Bonchev–Trinajstić information content (AvgIpc) is 2.69. The van der Waals surface area contributed by atoms with Gasteiger partial charge in [0, 0.05) is 6.42 Å². The van der Waals surface area contributed by atoms with Crippen LogP contribution in [-0.2, 0) is 27.2 Å². The fourth-order valence-corrected chi connectivity index (χ4v) is 2.71. The minimum absolute atomic E-state index is 0.112. The summed E-state index contributed by atoms with van der Waals surface area (Å²) in [6, 6.07) is 12.3. The lowest BCUT2D eigenvalue weighted by molar-refractivity contribution is -0.142. The number of phenolic OH excluding ortho intramolecular Hbond substituents is 1. The molecule has 2 aromatic rings. The van der Waals surface area contributed by atoms with E-state index in [1.807, 2.05) is 6.07 Å². The number of carbonyl (C=O) groups excluding carboxylic acids is 2. The van der Waals surface area contributed by atoms with E-state index in [2.05, 4.69) is 10.6 Å². The van der Waals surface area contributed by atoms with Gasteiger partial charge in [-0.2, -0.15) is 0 Å². The quantitative estimate of drug-likeness (QED) is 0.418. The van der Waals surface area contributed by atoms with E-state index in [9.17, 15) is 24.6 Å². The van der Waals surface area contributed by atoms with Gasteiger partial charge in [-0.05, 0) is 36.6 Å². The normalized spacial score (nSPS) is 13.7. The number of rotatable bonds is 9. The molecule has 0 saturated carbocycles. The van der Waals surface area contributed by atoms with Crippen molar-refractivity contribution in [3.05, 3.63) is 65.7 Å². The second kappa shape index (κ2) is 10.2. The zero-order chi connectivity index (χ0) is 21.4. The van der Waals surface area contributed by atoms with Gasteiger partial charge in [-0.1, -0.05) is 42.5 Å². The Morgan fingerprint density at radius 1 is 0.897 bits per heavy atom. The third-order valence-corrected chi connectivity index (χ3v) is 4.38. The molecular formula is C21H25N3O5. The number of nitrogens with two attached hydrogens (primary N) is 1. The van der Waals surface area contributed by atoms with Crippen molar-refractivity contribution in [2.45, 2.75) is 37.9 Å². The van der Waals surface area contributed by atoms with Crippen LogP contribution >= 0.6 is 0 Å². The molecule has 29 heavy (non-hydrogen) atoms. The van der Waals surface area contributed by atoms with Gasteiger partial charge in [0.1, 0.15) is 17.8 Å². The molecule has 2 rings (SSSR count). The van der Waals surface area contributed by atoms with Crippen molar-refractivity contribution in [3.8, 4) is 5.75 Å². The minimum atomic E-state index is -1.16. The SMILES string of the molecule is C[C@@H](NC(=O)[C@@H](N)Cc1ccc(O)cc1)C(=O)N[C@@H](Cc1ccccc1)C(=O)O. The van der Waals surface area contributed by atoms with E-state index in [4.69, 9.17) is 5.73 Å². The number of hydrogen-bond donors (Lipinski definition) is 5. The fourth-order valence-electron chi connectivity index (χ4n) is 2.71. The Kier molecular flexibility index (Phi) is 7.73. The van der Waals surface area contributed by atoms with E-state index in [0.717, 1.165) is 11.1 Å². The first-order valence-electron chi connectivity index (χ1n) is 9.17. The predicted octanol–water partition coefficient (Wildman–Crippen LogP) is 0.579. The number of phenols is 1. The van der Waals surface area contributed by atoms with Crippen molar-refractivity contribution in [1.82, 2.24) is 10.6 Å². The van der Waals surface area contributed by atoms with E-state index >= 15 is 0 Å². The van der Waals surface area contributed by atoms with Gasteiger partial charge < -0.3 is 26.6 Å². The number of aromatic hydroxyl groups is 1. The number of hydrogen-bond acceptors (Lipinski definition) is 5. The van der Waals surface area contributed by atoms with Crippen LogP contribution in [0.3, 0.4) is 0 Å². The first-order chi connectivity index (χ1) is 13.8. The topological polar surface area (TPSA) is 142 Å². The number of aliphatic carboxylic acids is 1. The van der Waals surface area contributed by atoms with Crippen molar-refractivity contribution in [2.24, 2.45) is 5.73 Å². The van der Waals surface area contributed by atoms with Crippen LogP contribution in [0.5, 0.6) is 5.75 Å². The van der Waals surface area contributed by atoms with Crippen LogP contribution in [-0.4, -0.2) is 46.1 Å². The maximum Gasteiger partial charge on any atom is 0.326 e. The Bertz CT molecular complexity index is 839. The molecule has 0 aromatic heterocycles. The van der Waals surface area contributed by atoms with Gasteiger partial charge in [0.25, 0.3) is 0 Å². The lowest BCUT2D eigenvalue weighted by Crippen LogP contribution is -2.54. The minimum Gasteiger partial charge on any atom is -0.508 e. The van der Waals surface area contributed by atoms with Crippen LogP contribution in [0.15, 0.2) is 54.6 Å². The Hall–Kier alpha value is -3.39. The molecule has 8 heteroatoms. The molecule has 0 aliphatic heterocycles. The van der Waals surface area contributed by atoms with Crippen LogP contribution in [0.4, 0.5) is 0 Å². The van der Waals surface area contributed by atoms with Crippen molar-refractivity contribution in [2.75, 3.05) is 0 Å². The maximum atomic E-state index is 12.3. The van der Waals surface area contributed by atoms with Crippen LogP contribution < -0.4 is 16.4 Å². The van der Waals surface area contributed by atoms with Gasteiger partial charge in [-0.25, -0.2) is 4.79 Å². The number of carboxylic acids is 1. The molecule has 8 nitrogen and oxygen atoms in total. The number of nitrogens with one attached hydrogen (secondary N) is 2. The van der Waals surface area contributed by atoms with Crippen molar-refractivity contribution in [1.29, 1.82) is 0 Å². The predicted molar refractivity (Wildman–Crippen MR) is 107 cm³/mol. The van der Waals surface area contributed by atoms with Crippen LogP contribution in [0.1, 0.15) is 18.1 Å². The van der Waals surface area contributed by atoms with Gasteiger partial charge >= 0.3 is 5.97 Å². The molecule has 0 bridgehead atoms. The molecule has 3 atom stereocenters. The highest BCUT2D eigenvalue weighted by Crippen LogP contribution is 2.11.